The summed E-state index contributed by atoms with van der Waals surface area (Å²) < 4.78 is 0. The van der Waals surface area contributed by atoms with Gasteiger partial charge in [-0.15, -0.1) is 6.58 Å². The molecule has 0 amide bonds. The molecule has 0 rings (SSSR count). The molecule has 0 aromatic carbocycles. The number of nitrogens with zero attached hydrogens (tertiary/aromatic N) is 2. The van der Waals surface area contributed by atoms with E-state index in [9.17, 15) is 5.26 Å². The molecule has 0 aliphatic rings. The van der Waals surface area contributed by atoms with Gasteiger partial charge in [-0.1, -0.05) is 54.0 Å². The molecule has 5 atom stereocenters. The van der Waals surface area contributed by atoms with Gasteiger partial charge in [0.1, 0.15) is 0 Å². The van der Waals surface area contributed by atoms with Crippen molar-refractivity contribution < 1.29 is 0 Å². The largest absolute Gasteiger partial charge is 0.303 e. The topological polar surface area (TPSA) is 27.0 Å². The third-order valence-electron chi connectivity index (χ3n) is 6.42. The second kappa shape index (κ2) is 11.7. The van der Waals surface area contributed by atoms with Gasteiger partial charge in [0.15, 0.2) is 0 Å². The first-order valence-corrected chi connectivity index (χ1v) is 10.3. The monoisotopic (exact) mass is 348 g/mol. The fraction of sp³-hybridized carbons (Fsp3) is 0.870. The van der Waals surface area contributed by atoms with E-state index < -0.39 is 0 Å². The van der Waals surface area contributed by atoms with Gasteiger partial charge in [-0.25, -0.2) is 0 Å². The van der Waals surface area contributed by atoms with Crippen molar-refractivity contribution in [3.8, 4) is 6.07 Å². The van der Waals surface area contributed by atoms with Crippen LogP contribution in [-0.4, -0.2) is 24.5 Å². The molecular weight excluding hydrogens is 304 g/mol. The third-order valence-corrected chi connectivity index (χ3v) is 6.42. The Bertz CT molecular complexity index is 407. The van der Waals surface area contributed by atoms with Gasteiger partial charge < -0.3 is 4.90 Å². The Balaban J connectivity index is 4.51. The molecule has 0 aliphatic carbocycles. The van der Waals surface area contributed by atoms with Crippen molar-refractivity contribution >= 4 is 0 Å². The van der Waals surface area contributed by atoms with Crippen molar-refractivity contribution in [1.82, 2.24) is 4.90 Å². The molecule has 0 saturated heterocycles. The zero-order chi connectivity index (χ0) is 19.6. The van der Waals surface area contributed by atoms with Crippen molar-refractivity contribution in [2.75, 3.05) is 13.6 Å². The Hall–Kier alpha value is -0.810. The van der Waals surface area contributed by atoms with Gasteiger partial charge in [0, 0.05) is 12.0 Å². The van der Waals surface area contributed by atoms with E-state index in [4.69, 9.17) is 0 Å². The molecule has 0 N–H and O–H groups in total. The predicted molar refractivity (Wildman–Crippen MR) is 111 cm³/mol. The van der Waals surface area contributed by atoms with E-state index in [2.05, 4.69) is 73.1 Å². The summed E-state index contributed by atoms with van der Waals surface area (Å²) in [5.41, 5.74) is 0.367. The summed E-state index contributed by atoms with van der Waals surface area (Å²) in [6, 6.07) is 3.09. The maximum Gasteiger partial charge on any atom is 0.0656 e. The molecule has 0 radical (unpaired) electrons. The van der Waals surface area contributed by atoms with Crippen LogP contribution in [0.1, 0.15) is 80.6 Å². The molecule has 4 unspecified atom stereocenters. The Morgan fingerprint density at radius 3 is 2.24 bits per heavy atom. The van der Waals surface area contributed by atoms with Crippen molar-refractivity contribution in [2.45, 2.75) is 86.6 Å². The molecule has 2 nitrogen and oxygen atoms in total. The van der Waals surface area contributed by atoms with Crippen LogP contribution in [0.15, 0.2) is 12.7 Å². The van der Waals surface area contributed by atoms with Gasteiger partial charge in [-0.3, -0.25) is 0 Å². The lowest BCUT2D eigenvalue weighted by Crippen LogP contribution is -2.41. The molecule has 0 aromatic rings. The summed E-state index contributed by atoms with van der Waals surface area (Å²) >= 11 is 0. The number of hydrogen-bond donors (Lipinski definition) is 0. The molecule has 2 heteroatoms. The molecule has 0 fully saturated rings. The highest BCUT2D eigenvalue weighted by molar-refractivity contribution is 4.88. The minimum atomic E-state index is 0.167. The Labute approximate surface area is 158 Å². The second-order valence-electron chi connectivity index (χ2n) is 9.15. The normalized spacial score (nSPS) is 18.2. The van der Waals surface area contributed by atoms with E-state index in [-0.39, 0.29) is 5.92 Å². The molecule has 146 valence electrons. The maximum absolute atomic E-state index is 9.54. The van der Waals surface area contributed by atoms with Crippen molar-refractivity contribution in [3.63, 3.8) is 0 Å². The van der Waals surface area contributed by atoms with E-state index in [1.54, 1.807) is 0 Å². The summed E-state index contributed by atoms with van der Waals surface area (Å²) in [5.74, 6) is 1.94. The first kappa shape index (κ1) is 24.2. The summed E-state index contributed by atoms with van der Waals surface area (Å²) in [4.78, 5) is 2.46. The number of allylic oxidation sites excluding steroid dienone is 1. The van der Waals surface area contributed by atoms with Crippen molar-refractivity contribution in [3.05, 3.63) is 12.7 Å². The highest BCUT2D eigenvalue weighted by atomic mass is 15.1. The lowest BCUT2D eigenvalue weighted by atomic mass is 9.73. The van der Waals surface area contributed by atoms with Crippen LogP contribution >= 0.6 is 0 Å². The molecule has 0 saturated carbocycles. The molecular formula is C23H44N2. The Kier molecular flexibility index (Phi) is 11.4. The first-order valence-electron chi connectivity index (χ1n) is 10.3. The quantitative estimate of drug-likeness (QED) is 0.353. The van der Waals surface area contributed by atoms with Crippen LogP contribution in [0.25, 0.3) is 0 Å². The Morgan fingerprint density at radius 1 is 1.16 bits per heavy atom. The summed E-state index contributed by atoms with van der Waals surface area (Å²) in [6.07, 6.45) is 7.65. The van der Waals surface area contributed by atoms with Crippen LogP contribution in [0, 0.1) is 40.4 Å². The van der Waals surface area contributed by atoms with Crippen LogP contribution in [0.3, 0.4) is 0 Å². The predicted octanol–water partition coefficient (Wildman–Crippen LogP) is 6.54. The number of nitriles is 1. The van der Waals surface area contributed by atoms with Crippen LogP contribution < -0.4 is 0 Å². The van der Waals surface area contributed by atoms with Crippen LogP contribution in [0.4, 0.5) is 0 Å². The second-order valence-corrected chi connectivity index (χ2v) is 9.15. The van der Waals surface area contributed by atoms with Gasteiger partial charge in [-0.05, 0) is 69.4 Å². The van der Waals surface area contributed by atoms with E-state index in [0.29, 0.717) is 29.2 Å². The number of hydrogen-bond acceptors (Lipinski definition) is 2. The molecule has 0 aromatic heterocycles. The highest BCUT2D eigenvalue weighted by Crippen LogP contribution is 2.35. The van der Waals surface area contributed by atoms with E-state index >= 15 is 0 Å². The smallest absolute Gasteiger partial charge is 0.0656 e. The van der Waals surface area contributed by atoms with Gasteiger partial charge in [0.2, 0.25) is 0 Å². The van der Waals surface area contributed by atoms with E-state index in [0.717, 1.165) is 25.8 Å². The van der Waals surface area contributed by atoms with Crippen LogP contribution in [0.5, 0.6) is 0 Å². The SMILES string of the molecule is C=CC(C)C[C@H](C)CC(C#N)CCN(C)C(C)C(C)C(C)(C)CCC. The minimum absolute atomic E-state index is 0.167. The average molecular weight is 349 g/mol. The zero-order valence-electron chi connectivity index (χ0n) is 18.3. The molecule has 0 heterocycles. The zero-order valence-corrected chi connectivity index (χ0v) is 18.3. The van der Waals surface area contributed by atoms with Crippen LogP contribution in [0.2, 0.25) is 0 Å². The lowest BCUT2D eigenvalue weighted by Gasteiger charge is -2.40. The van der Waals surface area contributed by atoms with E-state index in [1.165, 1.54) is 12.8 Å². The van der Waals surface area contributed by atoms with Gasteiger partial charge in [0.25, 0.3) is 0 Å². The molecule has 0 aliphatic heterocycles. The van der Waals surface area contributed by atoms with Gasteiger partial charge in [-0.2, -0.15) is 5.26 Å². The lowest BCUT2D eigenvalue weighted by molar-refractivity contribution is 0.0946. The third kappa shape index (κ3) is 8.91. The van der Waals surface area contributed by atoms with Gasteiger partial charge >= 0.3 is 0 Å². The fourth-order valence-electron chi connectivity index (χ4n) is 4.02. The first-order chi connectivity index (χ1) is 11.6. The number of rotatable bonds is 13. The van der Waals surface area contributed by atoms with Crippen LogP contribution in [-0.2, 0) is 0 Å². The summed E-state index contributed by atoms with van der Waals surface area (Å²) in [6.45, 7) is 21.2. The highest BCUT2D eigenvalue weighted by Gasteiger charge is 2.31. The van der Waals surface area contributed by atoms with E-state index in [1.807, 2.05) is 6.08 Å². The Morgan fingerprint density at radius 2 is 1.76 bits per heavy atom. The summed E-state index contributed by atoms with van der Waals surface area (Å²) in [7, 11) is 2.22. The van der Waals surface area contributed by atoms with Gasteiger partial charge in [0.05, 0.1) is 6.07 Å². The maximum atomic E-state index is 9.54. The average Bonchev–Trinajstić information content (AvgIpc) is 2.56. The fourth-order valence-corrected chi connectivity index (χ4v) is 4.02. The van der Waals surface area contributed by atoms with Crippen molar-refractivity contribution in [1.29, 1.82) is 5.26 Å². The summed E-state index contributed by atoms with van der Waals surface area (Å²) in [5, 5.41) is 9.54. The van der Waals surface area contributed by atoms with Crippen molar-refractivity contribution in [2.24, 2.45) is 29.1 Å². The minimum Gasteiger partial charge on any atom is -0.303 e. The molecule has 0 bridgehead atoms. The molecule has 25 heavy (non-hydrogen) atoms. The standard InChI is InChI=1S/C23H44N2/c1-10-13-23(7,8)20(5)21(6)25(9)14-12-22(17-24)16-19(4)15-18(3)11-2/h11,18-22H,2,10,12-16H2,1,3-9H3/t18?,19-,20?,21?,22?/m0/s1. The molecule has 0 spiro atoms.